The molecule has 8 nitrogen and oxygen atoms in total. The molecule has 0 spiro atoms. The maximum absolute atomic E-state index is 13.1. The Labute approximate surface area is 191 Å². The number of benzene rings is 2. The normalized spacial score (nSPS) is 15.6. The van der Waals surface area contributed by atoms with Crippen LogP contribution in [0.4, 0.5) is 10.6 Å². The average molecular weight is 444 g/mol. The summed E-state index contributed by atoms with van der Waals surface area (Å²) in [6.45, 7) is 0.703. The third-order valence-corrected chi connectivity index (χ3v) is 5.93. The number of carbonyl (C=O) groups excluding carboxylic acids is 1. The van der Waals surface area contributed by atoms with Gasteiger partial charge in [0.25, 0.3) is 0 Å². The zero-order valence-corrected chi connectivity index (χ0v) is 18.6. The van der Waals surface area contributed by atoms with Gasteiger partial charge in [0, 0.05) is 12.1 Å². The molecule has 1 aliphatic heterocycles. The lowest BCUT2D eigenvalue weighted by atomic mass is 10.0. The number of rotatable bonds is 5. The maximum Gasteiger partial charge on any atom is 0.323 e. The van der Waals surface area contributed by atoms with Crippen molar-refractivity contribution in [1.82, 2.24) is 19.5 Å². The Hall–Kier alpha value is -4.07. The van der Waals surface area contributed by atoms with Crippen LogP contribution >= 0.6 is 0 Å². The monoisotopic (exact) mass is 443 g/mol. The summed E-state index contributed by atoms with van der Waals surface area (Å²) < 4.78 is 12.2. The Bertz CT molecular complexity index is 1280. The molecule has 0 aliphatic carbocycles. The van der Waals surface area contributed by atoms with Gasteiger partial charge in [-0.25, -0.2) is 14.3 Å². The Morgan fingerprint density at radius 3 is 2.64 bits per heavy atom. The molecule has 1 saturated heterocycles. The van der Waals surface area contributed by atoms with Crippen LogP contribution in [0.5, 0.6) is 11.5 Å². The highest BCUT2D eigenvalue weighted by Crippen LogP contribution is 2.33. The first-order chi connectivity index (χ1) is 16.1. The topological polar surface area (TPSA) is 81.0 Å². The quantitative estimate of drug-likeness (QED) is 0.480. The van der Waals surface area contributed by atoms with Gasteiger partial charge >= 0.3 is 6.03 Å². The van der Waals surface area contributed by atoms with Crippen LogP contribution in [-0.4, -0.2) is 46.3 Å². The summed E-state index contributed by atoms with van der Waals surface area (Å²) in [7, 11) is 3.29. The van der Waals surface area contributed by atoms with E-state index in [0.29, 0.717) is 18.0 Å². The summed E-state index contributed by atoms with van der Waals surface area (Å²) in [5.41, 5.74) is 3.49. The van der Waals surface area contributed by atoms with Crippen LogP contribution in [0.25, 0.3) is 16.9 Å². The van der Waals surface area contributed by atoms with Gasteiger partial charge in [-0.1, -0.05) is 24.3 Å². The highest BCUT2D eigenvalue weighted by Gasteiger charge is 2.30. The van der Waals surface area contributed by atoms with Crippen LogP contribution in [0, 0.1) is 0 Å². The van der Waals surface area contributed by atoms with Gasteiger partial charge in [0.2, 0.25) is 0 Å². The molecule has 33 heavy (non-hydrogen) atoms. The SMILES string of the molecule is COc1ccc(C2CCCN2C(=O)Nc2cn3nc(-c4cccc(OC)c4)ccc3n2)cc1. The molecular weight excluding hydrogens is 418 g/mol. The van der Waals surface area contributed by atoms with Gasteiger partial charge in [0.15, 0.2) is 11.5 Å². The number of carbonyl (C=O) groups is 1. The molecule has 1 atom stereocenters. The lowest BCUT2D eigenvalue weighted by molar-refractivity contribution is 0.207. The third-order valence-electron chi connectivity index (χ3n) is 5.93. The van der Waals surface area contributed by atoms with E-state index in [-0.39, 0.29) is 12.1 Å². The molecule has 1 fully saturated rings. The highest BCUT2D eigenvalue weighted by molar-refractivity contribution is 5.89. The van der Waals surface area contributed by atoms with Gasteiger partial charge in [-0.15, -0.1) is 0 Å². The first-order valence-electron chi connectivity index (χ1n) is 10.9. The number of nitrogens with one attached hydrogen (secondary N) is 1. The Morgan fingerprint density at radius 2 is 1.85 bits per heavy atom. The molecule has 1 aliphatic rings. The number of amides is 2. The van der Waals surface area contributed by atoms with Gasteiger partial charge in [-0.3, -0.25) is 5.32 Å². The number of fused-ring (bicyclic) bond motifs is 1. The zero-order chi connectivity index (χ0) is 22.8. The molecule has 0 bridgehead atoms. The summed E-state index contributed by atoms with van der Waals surface area (Å²) in [5, 5.41) is 7.59. The van der Waals surface area contributed by atoms with E-state index in [0.717, 1.165) is 41.2 Å². The van der Waals surface area contributed by atoms with Crippen LogP contribution in [0.3, 0.4) is 0 Å². The van der Waals surface area contributed by atoms with Crippen molar-refractivity contribution < 1.29 is 14.3 Å². The number of aromatic nitrogens is 3. The van der Waals surface area contributed by atoms with E-state index in [4.69, 9.17) is 9.47 Å². The number of ether oxygens (including phenoxy) is 2. The van der Waals surface area contributed by atoms with E-state index in [1.54, 1.807) is 24.9 Å². The van der Waals surface area contributed by atoms with Crippen molar-refractivity contribution in [3.05, 3.63) is 72.4 Å². The molecule has 3 heterocycles. The fraction of sp³-hybridized carbons (Fsp3) is 0.240. The number of hydrogen-bond acceptors (Lipinski definition) is 5. The highest BCUT2D eigenvalue weighted by atomic mass is 16.5. The molecule has 168 valence electrons. The smallest absolute Gasteiger partial charge is 0.323 e. The van der Waals surface area contributed by atoms with E-state index in [1.807, 2.05) is 65.6 Å². The Kier molecular flexibility index (Phi) is 5.56. The van der Waals surface area contributed by atoms with E-state index in [1.165, 1.54) is 0 Å². The fourth-order valence-corrected chi connectivity index (χ4v) is 4.24. The molecule has 1 N–H and O–H groups in total. The van der Waals surface area contributed by atoms with Crippen molar-refractivity contribution in [3.63, 3.8) is 0 Å². The van der Waals surface area contributed by atoms with Crippen LogP contribution in [0.1, 0.15) is 24.4 Å². The van der Waals surface area contributed by atoms with Gasteiger partial charge < -0.3 is 14.4 Å². The van der Waals surface area contributed by atoms with Crippen LogP contribution in [0.15, 0.2) is 66.9 Å². The molecule has 2 amide bonds. The molecule has 0 saturated carbocycles. The van der Waals surface area contributed by atoms with Crippen LogP contribution in [0.2, 0.25) is 0 Å². The van der Waals surface area contributed by atoms with Crippen molar-refractivity contribution in [2.75, 3.05) is 26.1 Å². The number of likely N-dealkylation sites (tertiary alicyclic amines) is 1. The number of anilines is 1. The summed E-state index contributed by atoms with van der Waals surface area (Å²) in [6.07, 6.45) is 3.62. The summed E-state index contributed by atoms with van der Waals surface area (Å²) in [5.74, 6) is 2.04. The first kappa shape index (κ1) is 20.8. The van der Waals surface area contributed by atoms with Crippen molar-refractivity contribution >= 4 is 17.5 Å². The van der Waals surface area contributed by atoms with E-state index >= 15 is 0 Å². The van der Waals surface area contributed by atoms with Crippen molar-refractivity contribution in [1.29, 1.82) is 0 Å². The Balaban J connectivity index is 1.34. The largest absolute Gasteiger partial charge is 0.497 e. The Morgan fingerprint density at radius 1 is 1.03 bits per heavy atom. The molecule has 1 unspecified atom stereocenters. The molecule has 0 radical (unpaired) electrons. The third kappa shape index (κ3) is 4.19. The maximum atomic E-state index is 13.1. The van der Waals surface area contributed by atoms with Gasteiger partial charge in [-0.2, -0.15) is 5.10 Å². The van der Waals surface area contributed by atoms with E-state index < -0.39 is 0 Å². The van der Waals surface area contributed by atoms with E-state index in [2.05, 4.69) is 15.4 Å². The summed E-state index contributed by atoms with van der Waals surface area (Å²) >= 11 is 0. The van der Waals surface area contributed by atoms with Crippen molar-refractivity contribution in [3.8, 4) is 22.8 Å². The number of nitrogens with zero attached hydrogens (tertiary/aromatic N) is 4. The fourth-order valence-electron chi connectivity index (χ4n) is 4.24. The number of imidazole rings is 1. The van der Waals surface area contributed by atoms with E-state index in [9.17, 15) is 4.79 Å². The minimum Gasteiger partial charge on any atom is -0.497 e. The molecule has 8 heteroatoms. The minimum absolute atomic E-state index is 0.0331. The second kappa shape index (κ2) is 8.82. The van der Waals surface area contributed by atoms with Crippen molar-refractivity contribution in [2.45, 2.75) is 18.9 Å². The van der Waals surface area contributed by atoms with Crippen LogP contribution < -0.4 is 14.8 Å². The second-order valence-corrected chi connectivity index (χ2v) is 7.93. The minimum atomic E-state index is -0.162. The predicted molar refractivity (Wildman–Crippen MR) is 126 cm³/mol. The standard InChI is InChI=1S/C25H25N5O3/c1-32-19-10-8-17(9-11-19)22-7-4-14-29(22)25(31)27-23-16-30-24(26-23)13-12-21(28-30)18-5-3-6-20(15-18)33-2/h3,5-6,8-13,15-16,22H,4,7,14H2,1-2H3,(H,27,31). The number of methoxy groups -OCH3 is 2. The second-order valence-electron chi connectivity index (χ2n) is 7.93. The lowest BCUT2D eigenvalue weighted by Gasteiger charge is -2.25. The predicted octanol–water partition coefficient (Wildman–Crippen LogP) is 4.78. The number of urea groups is 1. The summed E-state index contributed by atoms with van der Waals surface area (Å²) in [6, 6.07) is 19.3. The molecule has 4 aromatic rings. The van der Waals surface area contributed by atoms with Crippen molar-refractivity contribution in [2.24, 2.45) is 0 Å². The number of hydrogen-bond donors (Lipinski definition) is 1. The first-order valence-corrected chi connectivity index (χ1v) is 10.9. The van der Waals surface area contributed by atoms with Gasteiger partial charge in [0.05, 0.1) is 32.2 Å². The summed E-state index contributed by atoms with van der Waals surface area (Å²) in [4.78, 5) is 19.4. The lowest BCUT2D eigenvalue weighted by Crippen LogP contribution is -2.34. The molecule has 5 rings (SSSR count). The molecule has 2 aromatic heterocycles. The molecular formula is C25H25N5O3. The average Bonchev–Trinajstić information content (AvgIpc) is 3.50. The zero-order valence-electron chi connectivity index (χ0n) is 18.6. The van der Waals surface area contributed by atoms with Gasteiger partial charge in [0.1, 0.15) is 11.5 Å². The van der Waals surface area contributed by atoms with Gasteiger partial charge in [-0.05, 0) is 54.8 Å². The molecule has 2 aromatic carbocycles. The van der Waals surface area contributed by atoms with Crippen LogP contribution in [-0.2, 0) is 0 Å².